The Hall–Kier alpha value is -3.45. The predicted molar refractivity (Wildman–Crippen MR) is 116 cm³/mol. The minimum atomic E-state index is -0.447. The molecule has 152 valence electrons. The SMILES string of the molecule is CCOc1ccc(-c2nn(-c3ccccc3)cc2CNC(=O)c2cccs2)cc1F. The van der Waals surface area contributed by atoms with Crippen LogP contribution in [-0.4, -0.2) is 22.3 Å². The van der Waals surface area contributed by atoms with Gasteiger partial charge in [0.2, 0.25) is 0 Å². The molecule has 30 heavy (non-hydrogen) atoms. The van der Waals surface area contributed by atoms with E-state index in [1.165, 1.54) is 17.4 Å². The van der Waals surface area contributed by atoms with Crippen LogP contribution in [0.4, 0.5) is 4.39 Å². The van der Waals surface area contributed by atoms with E-state index in [2.05, 4.69) is 10.4 Å². The van der Waals surface area contributed by atoms with Gasteiger partial charge in [-0.05, 0) is 48.7 Å². The molecular weight excluding hydrogens is 401 g/mol. The van der Waals surface area contributed by atoms with Crippen LogP contribution in [0.2, 0.25) is 0 Å². The topological polar surface area (TPSA) is 56.1 Å². The van der Waals surface area contributed by atoms with E-state index in [1.807, 2.05) is 54.9 Å². The van der Waals surface area contributed by atoms with Gasteiger partial charge in [0.05, 0.1) is 22.9 Å². The summed E-state index contributed by atoms with van der Waals surface area (Å²) in [6.45, 7) is 2.47. The third kappa shape index (κ3) is 4.26. The fraction of sp³-hybridized carbons (Fsp3) is 0.130. The molecule has 5 nitrogen and oxygen atoms in total. The molecule has 0 aliphatic carbocycles. The summed E-state index contributed by atoms with van der Waals surface area (Å²) in [5.74, 6) is -0.394. The number of halogens is 1. The molecule has 2 aromatic carbocycles. The number of carbonyl (C=O) groups excluding carboxylic acids is 1. The predicted octanol–water partition coefficient (Wildman–Crippen LogP) is 5.07. The van der Waals surface area contributed by atoms with Crippen LogP contribution < -0.4 is 10.1 Å². The highest BCUT2D eigenvalue weighted by Gasteiger charge is 2.16. The molecule has 0 fully saturated rings. The van der Waals surface area contributed by atoms with Crippen molar-refractivity contribution in [3.05, 3.63) is 88.5 Å². The van der Waals surface area contributed by atoms with E-state index in [4.69, 9.17) is 4.74 Å². The Bertz CT molecular complexity index is 1140. The third-order valence-corrected chi connectivity index (χ3v) is 5.37. The zero-order chi connectivity index (χ0) is 20.9. The number of nitrogens with one attached hydrogen (secondary N) is 1. The van der Waals surface area contributed by atoms with E-state index in [9.17, 15) is 9.18 Å². The maximum atomic E-state index is 14.5. The van der Waals surface area contributed by atoms with Gasteiger partial charge in [0.1, 0.15) is 0 Å². The van der Waals surface area contributed by atoms with Crippen LogP contribution in [0.3, 0.4) is 0 Å². The number of amides is 1. The van der Waals surface area contributed by atoms with Crippen molar-refractivity contribution in [2.24, 2.45) is 0 Å². The summed E-state index contributed by atoms with van der Waals surface area (Å²) in [7, 11) is 0. The summed E-state index contributed by atoms with van der Waals surface area (Å²) in [5.41, 5.74) is 2.88. The lowest BCUT2D eigenvalue weighted by atomic mass is 10.1. The molecule has 0 unspecified atom stereocenters. The summed E-state index contributed by atoms with van der Waals surface area (Å²) < 4.78 is 21.5. The van der Waals surface area contributed by atoms with Crippen LogP contribution in [0.15, 0.2) is 72.2 Å². The number of benzene rings is 2. The standard InChI is InChI=1S/C23H20FN3O2S/c1-2-29-20-11-10-16(13-19(20)24)22-17(14-25-23(28)21-9-6-12-30-21)15-27(26-22)18-7-4-3-5-8-18/h3-13,15H,2,14H2,1H3,(H,25,28). The molecule has 0 aliphatic rings. The maximum Gasteiger partial charge on any atom is 0.261 e. The molecule has 0 spiro atoms. The highest BCUT2D eigenvalue weighted by molar-refractivity contribution is 7.12. The molecule has 0 atom stereocenters. The van der Waals surface area contributed by atoms with Crippen molar-refractivity contribution in [1.29, 1.82) is 0 Å². The number of carbonyl (C=O) groups is 1. The van der Waals surface area contributed by atoms with Crippen molar-refractivity contribution >= 4 is 17.2 Å². The molecule has 0 saturated heterocycles. The lowest BCUT2D eigenvalue weighted by Crippen LogP contribution is -2.21. The van der Waals surface area contributed by atoms with Gasteiger partial charge in [-0.25, -0.2) is 9.07 Å². The molecule has 0 aliphatic heterocycles. The van der Waals surface area contributed by atoms with Gasteiger partial charge in [-0.3, -0.25) is 4.79 Å². The monoisotopic (exact) mass is 421 g/mol. The smallest absolute Gasteiger partial charge is 0.261 e. The Morgan fingerprint density at radius 2 is 2.00 bits per heavy atom. The second kappa shape index (κ2) is 8.92. The first kappa shape index (κ1) is 19.8. The highest BCUT2D eigenvalue weighted by Crippen LogP contribution is 2.28. The molecule has 2 aromatic heterocycles. The zero-order valence-corrected chi connectivity index (χ0v) is 17.2. The summed E-state index contributed by atoms with van der Waals surface area (Å²) in [5, 5.41) is 9.45. The van der Waals surface area contributed by atoms with Gasteiger partial charge in [0, 0.05) is 23.9 Å². The van der Waals surface area contributed by atoms with E-state index >= 15 is 0 Å². The fourth-order valence-corrected chi connectivity index (χ4v) is 3.73. The quantitative estimate of drug-likeness (QED) is 0.453. The van der Waals surface area contributed by atoms with Crippen LogP contribution in [0, 0.1) is 5.82 Å². The number of nitrogens with zero attached hydrogens (tertiary/aromatic N) is 2. The van der Waals surface area contributed by atoms with Gasteiger partial charge in [-0.2, -0.15) is 5.10 Å². The van der Waals surface area contributed by atoms with Crippen LogP contribution in [0.25, 0.3) is 16.9 Å². The zero-order valence-electron chi connectivity index (χ0n) is 16.3. The number of aromatic nitrogens is 2. The lowest BCUT2D eigenvalue weighted by Gasteiger charge is -2.07. The first-order chi connectivity index (χ1) is 14.7. The molecule has 2 heterocycles. The third-order valence-electron chi connectivity index (χ3n) is 4.50. The van der Waals surface area contributed by atoms with Crippen molar-refractivity contribution in [2.45, 2.75) is 13.5 Å². The largest absolute Gasteiger partial charge is 0.491 e. The molecule has 4 rings (SSSR count). The summed E-state index contributed by atoms with van der Waals surface area (Å²) >= 11 is 1.38. The van der Waals surface area contributed by atoms with Gasteiger partial charge in [0.15, 0.2) is 11.6 Å². The number of thiophene rings is 1. The minimum absolute atomic E-state index is 0.152. The Morgan fingerprint density at radius 3 is 2.70 bits per heavy atom. The molecule has 4 aromatic rings. The summed E-state index contributed by atoms with van der Waals surface area (Å²) in [6, 6.07) is 18.0. The molecule has 0 saturated carbocycles. The van der Waals surface area contributed by atoms with Crippen molar-refractivity contribution in [3.63, 3.8) is 0 Å². The number of hydrogen-bond donors (Lipinski definition) is 1. The molecular formula is C23H20FN3O2S. The van der Waals surface area contributed by atoms with E-state index in [0.717, 1.165) is 11.3 Å². The summed E-state index contributed by atoms with van der Waals surface area (Å²) in [6.07, 6.45) is 1.85. The molecule has 7 heteroatoms. The molecule has 1 N–H and O–H groups in total. The molecule has 0 bridgehead atoms. The van der Waals surface area contributed by atoms with Gasteiger partial charge in [0.25, 0.3) is 5.91 Å². The Labute approximate surface area is 177 Å². The van der Waals surface area contributed by atoms with Crippen LogP contribution >= 0.6 is 11.3 Å². The van der Waals surface area contributed by atoms with Gasteiger partial charge < -0.3 is 10.1 Å². The minimum Gasteiger partial charge on any atom is -0.491 e. The van der Waals surface area contributed by atoms with Gasteiger partial charge in [-0.15, -0.1) is 11.3 Å². The Morgan fingerprint density at radius 1 is 1.17 bits per heavy atom. The fourth-order valence-electron chi connectivity index (χ4n) is 3.09. The molecule has 0 radical (unpaired) electrons. The first-order valence-corrected chi connectivity index (χ1v) is 10.4. The van der Waals surface area contributed by atoms with E-state index in [-0.39, 0.29) is 18.2 Å². The van der Waals surface area contributed by atoms with Gasteiger partial charge in [-0.1, -0.05) is 24.3 Å². The lowest BCUT2D eigenvalue weighted by molar-refractivity contribution is 0.0955. The van der Waals surface area contributed by atoms with Crippen LogP contribution in [0.1, 0.15) is 22.2 Å². The van der Waals surface area contributed by atoms with Crippen molar-refractivity contribution in [1.82, 2.24) is 15.1 Å². The maximum absolute atomic E-state index is 14.5. The van der Waals surface area contributed by atoms with E-state index in [0.29, 0.717) is 22.7 Å². The first-order valence-electron chi connectivity index (χ1n) is 9.54. The number of para-hydroxylation sites is 1. The highest BCUT2D eigenvalue weighted by atomic mass is 32.1. The average molecular weight is 421 g/mol. The van der Waals surface area contributed by atoms with Gasteiger partial charge >= 0.3 is 0 Å². The van der Waals surface area contributed by atoms with Crippen molar-refractivity contribution in [3.8, 4) is 22.7 Å². The number of hydrogen-bond acceptors (Lipinski definition) is 4. The molecule has 1 amide bonds. The Balaban J connectivity index is 1.68. The van der Waals surface area contributed by atoms with E-state index in [1.54, 1.807) is 22.9 Å². The van der Waals surface area contributed by atoms with Crippen molar-refractivity contribution in [2.75, 3.05) is 6.61 Å². The second-order valence-corrected chi connectivity index (χ2v) is 7.47. The number of ether oxygens (including phenoxy) is 1. The Kier molecular flexibility index (Phi) is 5.90. The summed E-state index contributed by atoms with van der Waals surface area (Å²) in [4.78, 5) is 13.0. The van der Waals surface area contributed by atoms with E-state index < -0.39 is 5.82 Å². The normalized spacial score (nSPS) is 10.7. The van der Waals surface area contributed by atoms with Crippen LogP contribution in [0.5, 0.6) is 5.75 Å². The van der Waals surface area contributed by atoms with Crippen molar-refractivity contribution < 1.29 is 13.9 Å². The average Bonchev–Trinajstić information content (AvgIpc) is 3.45. The number of rotatable bonds is 7. The van der Waals surface area contributed by atoms with Crippen LogP contribution in [-0.2, 0) is 6.54 Å². The second-order valence-electron chi connectivity index (χ2n) is 6.52.